The zero-order valence-corrected chi connectivity index (χ0v) is 16.3. The van der Waals surface area contributed by atoms with Gasteiger partial charge >= 0.3 is 5.97 Å². The summed E-state index contributed by atoms with van der Waals surface area (Å²) in [5, 5.41) is 0. The number of carbonyl (C=O) groups is 2. The van der Waals surface area contributed by atoms with E-state index in [1.165, 1.54) is 29.5 Å². The van der Waals surface area contributed by atoms with Crippen molar-refractivity contribution < 1.29 is 14.3 Å². The summed E-state index contributed by atoms with van der Waals surface area (Å²) >= 11 is 0. The van der Waals surface area contributed by atoms with Crippen LogP contribution < -0.4 is 0 Å². The topological polar surface area (TPSA) is 51.5 Å². The Morgan fingerprint density at radius 3 is 2.44 bits per heavy atom. The highest BCUT2D eigenvalue weighted by molar-refractivity contribution is 5.91. The van der Waals surface area contributed by atoms with Gasteiger partial charge in [-0.25, -0.2) is 4.79 Å². The normalized spacial score (nSPS) is 15.0. The van der Waals surface area contributed by atoms with Crippen molar-refractivity contribution in [2.24, 2.45) is 0 Å². The molecule has 0 aliphatic heterocycles. The molecular formula is C22H26N2O3. The number of benzene rings is 1. The smallest absolute Gasteiger partial charge is 0.331 e. The standard InChI is InChI=1S/C22H26N2O3/c1-15-14-18(16(2)24(15)19-11-12-19)10-13-20(25)27-21(22(26)23(3)4)17-8-6-5-7-9-17/h5-10,13-14,19,21H,11-12H2,1-4H3/b13-10+/t21-/m1/s1. The van der Waals surface area contributed by atoms with E-state index in [-0.39, 0.29) is 5.91 Å². The van der Waals surface area contributed by atoms with Crippen molar-refractivity contribution in [2.75, 3.05) is 14.1 Å². The first-order valence-corrected chi connectivity index (χ1v) is 9.21. The van der Waals surface area contributed by atoms with Crippen LogP contribution in [0.25, 0.3) is 6.08 Å². The Labute approximate surface area is 160 Å². The lowest BCUT2D eigenvalue weighted by atomic mass is 10.1. The van der Waals surface area contributed by atoms with Crippen molar-refractivity contribution in [3.63, 3.8) is 0 Å². The Bertz CT molecular complexity index is 861. The maximum Gasteiger partial charge on any atom is 0.331 e. The van der Waals surface area contributed by atoms with Crippen LogP contribution in [0.3, 0.4) is 0 Å². The second kappa shape index (κ2) is 7.82. The van der Waals surface area contributed by atoms with E-state index in [0.717, 1.165) is 11.3 Å². The van der Waals surface area contributed by atoms with Crippen molar-refractivity contribution in [1.82, 2.24) is 9.47 Å². The number of likely N-dealkylation sites (N-methyl/N-ethyl adjacent to an activating group) is 1. The molecule has 0 saturated heterocycles. The van der Waals surface area contributed by atoms with Gasteiger partial charge in [-0.15, -0.1) is 0 Å². The van der Waals surface area contributed by atoms with Crippen LogP contribution in [0.2, 0.25) is 0 Å². The van der Waals surface area contributed by atoms with Crippen molar-refractivity contribution in [3.05, 3.63) is 65.0 Å². The van der Waals surface area contributed by atoms with Gasteiger partial charge in [0.2, 0.25) is 6.10 Å². The number of carbonyl (C=O) groups excluding carboxylic acids is 2. The van der Waals surface area contributed by atoms with E-state index in [0.29, 0.717) is 11.6 Å². The molecule has 5 heteroatoms. The Balaban J connectivity index is 1.75. The molecule has 142 valence electrons. The maximum absolute atomic E-state index is 12.5. The molecule has 5 nitrogen and oxygen atoms in total. The van der Waals surface area contributed by atoms with Crippen molar-refractivity contribution in [3.8, 4) is 0 Å². The number of aromatic nitrogens is 1. The maximum atomic E-state index is 12.5. The summed E-state index contributed by atoms with van der Waals surface area (Å²) < 4.78 is 7.82. The van der Waals surface area contributed by atoms with Crippen LogP contribution in [0.15, 0.2) is 42.5 Å². The largest absolute Gasteiger partial charge is 0.444 e. The molecular weight excluding hydrogens is 340 g/mol. The fourth-order valence-electron chi connectivity index (χ4n) is 3.30. The minimum Gasteiger partial charge on any atom is -0.444 e. The van der Waals surface area contributed by atoms with Crippen molar-refractivity contribution in [1.29, 1.82) is 0 Å². The summed E-state index contributed by atoms with van der Waals surface area (Å²) in [6.07, 6.45) is 4.65. The average Bonchev–Trinajstić information content (AvgIpc) is 3.43. The minimum absolute atomic E-state index is 0.269. The number of nitrogens with zero attached hydrogens (tertiary/aromatic N) is 2. The van der Waals surface area contributed by atoms with Gasteiger partial charge in [0.05, 0.1) is 0 Å². The van der Waals surface area contributed by atoms with E-state index in [2.05, 4.69) is 24.5 Å². The molecule has 0 unspecified atom stereocenters. The molecule has 1 aromatic carbocycles. The van der Waals surface area contributed by atoms with Crippen LogP contribution in [-0.4, -0.2) is 35.4 Å². The SMILES string of the molecule is Cc1cc(/C=C/C(=O)O[C@@H](C(=O)N(C)C)c2ccccc2)c(C)n1C1CC1. The highest BCUT2D eigenvalue weighted by Gasteiger charge is 2.27. The average molecular weight is 366 g/mol. The Hall–Kier alpha value is -2.82. The molecule has 1 aliphatic carbocycles. The van der Waals surface area contributed by atoms with Crippen LogP contribution in [0.4, 0.5) is 0 Å². The summed E-state index contributed by atoms with van der Waals surface area (Å²) in [6, 6.07) is 11.7. The van der Waals surface area contributed by atoms with E-state index in [1.807, 2.05) is 18.2 Å². The van der Waals surface area contributed by atoms with Crippen LogP contribution in [-0.2, 0) is 14.3 Å². The van der Waals surface area contributed by atoms with Gasteiger partial charge in [-0.05, 0) is 44.4 Å². The Morgan fingerprint density at radius 2 is 1.85 bits per heavy atom. The quantitative estimate of drug-likeness (QED) is 0.577. The number of ether oxygens (including phenoxy) is 1. The minimum atomic E-state index is -0.947. The first kappa shape index (κ1) is 19.0. The van der Waals surface area contributed by atoms with Crippen LogP contribution in [0.5, 0.6) is 0 Å². The number of rotatable bonds is 6. The lowest BCUT2D eigenvalue weighted by Gasteiger charge is -2.20. The first-order valence-electron chi connectivity index (χ1n) is 9.21. The zero-order chi connectivity index (χ0) is 19.6. The van der Waals surface area contributed by atoms with Gasteiger partial charge in [-0.2, -0.15) is 0 Å². The van der Waals surface area contributed by atoms with Crippen LogP contribution >= 0.6 is 0 Å². The second-order valence-corrected chi connectivity index (χ2v) is 7.22. The predicted molar refractivity (Wildman–Crippen MR) is 105 cm³/mol. The predicted octanol–water partition coefficient (Wildman–Crippen LogP) is 3.83. The molecule has 1 atom stereocenters. The third-order valence-electron chi connectivity index (χ3n) is 4.84. The molecule has 1 heterocycles. The molecule has 0 radical (unpaired) electrons. The lowest BCUT2D eigenvalue weighted by Crippen LogP contribution is -2.30. The third-order valence-corrected chi connectivity index (χ3v) is 4.84. The Morgan fingerprint density at radius 1 is 1.19 bits per heavy atom. The molecule has 1 amide bonds. The van der Waals surface area contributed by atoms with Gasteiger partial charge in [-0.1, -0.05) is 30.3 Å². The number of esters is 1. The molecule has 0 N–H and O–H groups in total. The van der Waals surface area contributed by atoms with E-state index < -0.39 is 12.1 Å². The van der Waals surface area contributed by atoms with E-state index in [9.17, 15) is 9.59 Å². The van der Waals surface area contributed by atoms with Crippen LogP contribution in [0.1, 0.15) is 47.5 Å². The molecule has 2 aromatic rings. The highest BCUT2D eigenvalue weighted by Crippen LogP contribution is 2.38. The number of hydrogen-bond donors (Lipinski definition) is 0. The van der Waals surface area contributed by atoms with Crippen molar-refractivity contribution >= 4 is 18.0 Å². The summed E-state index contributed by atoms with van der Waals surface area (Å²) in [4.78, 5) is 26.3. The molecule has 1 saturated carbocycles. The lowest BCUT2D eigenvalue weighted by molar-refractivity contribution is -0.155. The molecule has 0 spiro atoms. The fraction of sp³-hybridized carbons (Fsp3) is 0.364. The molecule has 27 heavy (non-hydrogen) atoms. The van der Waals surface area contributed by atoms with E-state index in [4.69, 9.17) is 4.74 Å². The fourth-order valence-corrected chi connectivity index (χ4v) is 3.30. The van der Waals surface area contributed by atoms with Gasteiger partial charge < -0.3 is 14.2 Å². The highest BCUT2D eigenvalue weighted by atomic mass is 16.5. The first-order chi connectivity index (χ1) is 12.9. The van der Waals surface area contributed by atoms with E-state index >= 15 is 0 Å². The van der Waals surface area contributed by atoms with Crippen LogP contribution in [0, 0.1) is 13.8 Å². The number of hydrogen-bond acceptors (Lipinski definition) is 3. The number of aryl methyl sites for hydroxylation is 1. The zero-order valence-electron chi connectivity index (χ0n) is 16.3. The van der Waals surface area contributed by atoms with E-state index in [1.54, 1.807) is 32.3 Å². The summed E-state index contributed by atoms with van der Waals surface area (Å²) in [6.45, 7) is 4.15. The molecule has 0 bridgehead atoms. The molecule has 1 aliphatic rings. The third kappa shape index (κ3) is 4.30. The molecule has 1 fully saturated rings. The summed E-state index contributed by atoms with van der Waals surface area (Å²) in [5.41, 5.74) is 4.02. The van der Waals surface area contributed by atoms with Gasteiger partial charge in [0.1, 0.15) is 0 Å². The number of amides is 1. The van der Waals surface area contributed by atoms with Gasteiger partial charge in [-0.3, -0.25) is 4.79 Å². The summed E-state index contributed by atoms with van der Waals surface area (Å²) in [5.74, 6) is -0.801. The van der Waals surface area contributed by atoms with Crippen molar-refractivity contribution in [2.45, 2.75) is 38.8 Å². The molecule has 1 aromatic heterocycles. The van der Waals surface area contributed by atoms with Gasteiger partial charge in [0.25, 0.3) is 5.91 Å². The molecule has 3 rings (SSSR count). The van der Waals surface area contributed by atoms with Gasteiger partial charge in [0, 0.05) is 43.2 Å². The van der Waals surface area contributed by atoms with Gasteiger partial charge in [0.15, 0.2) is 0 Å². The summed E-state index contributed by atoms with van der Waals surface area (Å²) in [7, 11) is 3.30. The Kier molecular flexibility index (Phi) is 5.49. The second-order valence-electron chi connectivity index (χ2n) is 7.22. The monoisotopic (exact) mass is 366 g/mol.